The summed E-state index contributed by atoms with van der Waals surface area (Å²) in [6, 6.07) is 4.56. The highest BCUT2D eigenvalue weighted by atomic mass is 19.1. The molecule has 3 heterocycles. The van der Waals surface area contributed by atoms with E-state index in [0.717, 1.165) is 58.0 Å². The third-order valence-electron chi connectivity index (χ3n) is 5.90. The summed E-state index contributed by atoms with van der Waals surface area (Å²) in [6.07, 6.45) is 4.93. The van der Waals surface area contributed by atoms with E-state index in [2.05, 4.69) is 15.2 Å². The predicted octanol–water partition coefficient (Wildman–Crippen LogP) is 2.43. The third-order valence-corrected chi connectivity index (χ3v) is 5.90. The van der Waals surface area contributed by atoms with Gasteiger partial charge in [0.05, 0.1) is 16.8 Å². The van der Waals surface area contributed by atoms with E-state index in [-0.39, 0.29) is 17.2 Å². The Hall–Kier alpha value is -2.25. The fraction of sp³-hybridized carbons (Fsp3) is 0.524. The zero-order chi connectivity index (χ0) is 19.5. The molecule has 2 aliphatic rings. The lowest BCUT2D eigenvalue weighted by molar-refractivity contribution is 0.0550. The van der Waals surface area contributed by atoms with Crippen molar-refractivity contribution in [2.45, 2.75) is 19.3 Å². The first-order valence-electron chi connectivity index (χ1n) is 10.0. The van der Waals surface area contributed by atoms with Crippen molar-refractivity contribution in [2.75, 3.05) is 45.1 Å². The SMILES string of the molecule is Nc1c(F)cc(C(=O)NCC2CCN(CC3CCOCC3)C2)c2ncccc12. The molecule has 2 aromatic rings. The summed E-state index contributed by atoms with van der Waals surface area (Å²) in [5.41, 5.74) is 6.49. The van der Waals surface area contributed by atoms with Crippen LogP contribution in [0.5, 0.6) is 0 Å². The number of nitrogens with two attached hydrogens (primary N) is 1. The van der Waals surface area contributed by atoms with Crippen LogP contribution >= 0.6 is 0 Å². The minimum atomic E-state index is -0.589. The number of pyridine rings is 1. The van der Waals surface area contributed by atoms with Gasteiger partial charge in [-0.1, -0.05) is 0 Å². The number of amides is 1. The number of benzene rings is 1. The fourth-order valence-electron chi connectivity index (χ4n) is 4.28. The molecule has 0 saturated carbocycles. The van der Waals surface area contributed by atoms with Crippen LogP contribution in [0.25, 0.3) is 10.9 Å². The molecule has 2 fully saturated rings. The Morgan fingerprint density at radius 2 is 2.14 bits per heavy atom. The summed E-state index contributed by atoms with van der Waals surface area (Å²) in [6.45, 7) is 5.51. The highest BCUT2D eigenvalue weighted by Gasteiger charge is 2.26. The Kier molecular flexibility index (Phi) is 5.73. The molecule has 4 rings (SSSR count). The number of nitrogens with one attached hydrogen (secondary N) is 1. The first-order chi connectivity index (χ1) is 13.6. The minimum Gasteiger partial charge on any atom is -0.396 e. The van der Waals surface area contributed by atoms with Gasteiger partial charge in [-0.05, 0) is 55.8 Å². The van der Waals surface area contributed by atoms with Crippen LogP contribution in [0.1, 0.15) is 29.6 Å². The van der Waals surface area contributed by atoms with Crippen molar-refractivity contribution in [2.24, 2.45) is 11.8 Å². The second kappa shape index (κ2) is 8.41. The molecule has 0 radical (unpaired) electrons. The normalized spacial score (nSPS) is 21.2. The van der Waals surface area contributed by atoms with Gasteiger partial charge in [0.25, 0.3) is 5.91 Å². The van der Waals surface area contributed by atoms with Gasteiger partial charge in [0.1, 0.15) is 5.82 Å². The zero-order valence-electron chi connectivity index (χ0n) is 16.0. The minimum absolute atomic E-state index is 0.0270. The van der Waals surface area contributed by atoms with Crippen LogP contribution in [0.4, 0.5) is 10.1 Å². The van der Waals surface area contributed by atoms with Gasteiger partial charge < -0.3 is 20.7 Å². The van der Waals surface area contributed by atoms with Crippen LogP contribution in [0.15, 0.2) is 24.4 Å². The number of fused-ring (bicyclic) bond motifs is 1. The van der Waals surface area contributed by atoms with E-state index < -0.39 is 5.82 Å². The number of anilines is 1. The van der Waals surface area contributed by atoms with Crippen molar-refractivity contribution in [3.63, 3.8) is 0 Å². The Balaban J connectivity index is 1.35. The molecule has 28 heavy (non-hydrogen) atoms. The number of nitrogens with zero attached hydrogens (tertiary/aromatic N) is 2. The topological polar surface area (TPSA) is 80.5 Å². The van der Waals surface area contributed by atoms with Crippen LogP contribution in [-0.4, -0.2) is 55.2 Å². The zero-order valence-corrected chi connectivity index (χ0v) is 16.0. The average Bonchev–Trinajstić information content (AvgIpc) is 3.17. The summed E-state index contributed by atoms with van der Waals surface area (Å²) in [7, 11) is 0. The number of nitrogen functional groups attached to an aromatic ring is 1. The summed E-state index contributed by atoms with van der Waals surface area (Å²) < 4.78 is 19.6. The van der Waals surface area contributed by atoms with Crippen LogP contribution in [-0.2, 0) is 4.74 Å². The van der Waals surface area contributed by atoms with Crippen LogP contribution < -0.4 is 11.1 Å². The highest BCUT2D eigenvalue weighted by Crippen LogP contribution is 2.26. The third kappa shape index (κ3) is 4.10. The Morgan fingerprint density at radius 1 is 1.32 bits per heavy atom. The summed E-state index contributed by atoms with van der Waals surface area (Å²) in [4.78, 5) is 19.4. The molecular weight excluding hydrogens is 359 g/mol. The molecule has 3 N–H and O–H groups in total. The Labute approximate surface area is 164 Å². The summed E-state index contributed by atoms with van der Waals surface area (Å²) in [5, 5.41) is 3.44. The average molecular weight is 386 g/mol. The van der Waals surface area contributed by atoms with Gasteiger partial charge in [-0.2, -0.15) is 0 Å². The summed E-state index contributed by atoms with van der Waals surface area (Å²) >= 11 is 0. The van der Waals surface area contributed by atoms with Crippen molar-refractivity contribution in [3.8, 4) is 0 Å². The number of ether oxygens (including phenoxy) is 1. The first-order valence-corrected chi connectivity index (χ1v) is 10.0. The van der Waals surface area contributed by atoms with Gasteiger partial charge in [-0.3, -0.25) is 9.78 Å². The lowest BCUT2D eigenvalue weighted by Crippen LogP contribution is -2.33. The Bertz CT molecular complexity index is 854. The van der Waals surface area contributed by atoms with Gasteiger partial charge in [0, 0.05) is 44.4 Å². The molecule has 1 aromatic carbocycles. The van der Waals surface area contributed by atoms with Gasteiger partial charge in [0.15, 0.2) is 0 Å². The number of hydrogen-bond acceptors (Lipinski definition) is 5. The fourth-order valence-corrected chi connectivity index (χ4v) is 4.28. The molecule has 0 spiro atoms. The number of halogens is 1. The molecule has 7 heteroatoms. The number of aromatic nitrogens is 1. The Morgan fingerprint density at radius 3 is 2.96 bits per heavy atom. The predicted molar refractivity (Wildman–Crippen MR) is 107 cm³/mol. The molecule has 150 valence electrons. The van der Waals surface area contributed by atoms with Gasteiger partial charge in [-0.15, -0.1) is 0 Å². The van der Waals surface area contributed by atoms with E-state index in [4.69, 9.17) is 10.5 Å². The number of hydrogen-bond donors (Lipinski definition) is 2. The van der Waals surface area contributed by atoms with Gasteiger partial charge in [0.2, 0.25) is 0 Å². The molecule has 1 atom stereocenters. The standard InChI is InChI=1S/C21H27FN4O2/c22-18-10-17(20-16(19(18)23)2-1-6-24-20)21(27)25-11-15-3-7-26(13-15)12-14-4-8-28-9-5-14/h1-2,6,10,14-15H,3-5,7-9,11-13,23H2,(H,25,27). The van der Waals surface area contributed by atoms with Gasteiger partial charge >= 0.3 is 0 Å². The quantitative estimate of drug-likeness (QED) is 0.772. The van der Waals surface area contributed by atoms with E-state index in [0.29, 0.717) is 23.4 Å². The summed E-state index contributed by atoms with van der Waals surface area (Å²) in [5.74, 6) is 0.249. The molecule has 0 aliphatic carbocycles. The maximum absolute atomic E-state index is 14.1. The van der Waals surface area contributed by atoms with E-state index in [9.17, 15) is 9.18 Å². The molecule has 6 nitrogen and oxygen atoms in total. The lowest BCUT2D eigenvalue weighted by atomic mass is 10.00. The number of carbonyl (C=O) groups excluding carboxylic acids is 1. The van der Waals surface area contributed by atoms with E-state index in [1.165, 1.54) is 6.07 Å². The van der Waals surface area contributed by atoms with Crippen molar-refractivity contribution >= 4 is 22.5 Å². The van der Waals surface area contributed by atoms with Crippen LogP contribution in [0, 0.1) is 17.7 Å². The molecular formula is C21H27FN4O2. The van der Waals surface area contributed by atoms with Crippen molar-refractivity contribution < 1.29 is 13.9 Å². The van der Waals surface area contributed by atoms with Crippen LogP contribution in [0.3, 0.4) is 0 Å². The monoisotopic (exact) mass is 386 g/mol. The number of carbonyl (C=O) groups is 1. The molecule has 1 aromatic heterocycles. The second-order valence-electron chi connectivity index (χ2n) is 7.90. The maximum Gasteiger partial charge on any atom is 0.253 e. The van der Waals surface area contributed by atoms with E-state index in [1.54, 1.807) is 18.3 Å². The lowest BCUT2D eigenvalue weighted by Gasteiger charge is -2.27. The van der Waals surface area contributed by atoms with Crippen molar-refractivity contribution in [1.29, 1.82) is 0 Å². The van der Waals surface area contributed by atoms with Crippen molar-refractivity contribution in [3.05, 3.63) is 35.8 Å². The largest absolute Gasteiger partial charge is 0.396 e. The second-order valence-corrected chi connectivity index (χ2v) is 7.90. The number of rotatable bonds is 5. The molecule has 1 amide bonds. The van der Waals surface area contributed by atoms with E-state index >= 15 is 0 Å². The van der Waals surface area contributed by atoms with Crippen LogP contribution in [0.2, 0.25) is 0 Å². The highest BCUT2D eigenvalue weighted by molar-refractivity contribution is 6.08. The smallest absolute Gasteiger partial charge is 0.253 e. The maximum atomic E-state index is 14.1. The molecule has 2 saturated heterocycles. The van der Waals surface area contributed by atoms with E-state index in [1.807, 2.05) is 0 Å². The molecule has 1 unspecified atom stereocenters. The number of likely N-dealkylation sites (tertiary alicyclic amines) is 1. The molecule has 0 bridgehead atoms. The molecule has 2 aliphatic heterocycles. The van der Waals surface area contributed by atoms with Crippen molar-refractivity contribution in [1.82, 2.24) is 15.2 Å². The van der Waals surface area contributed by atoms with Gasteiger partial charge in [-0.25, -0.2) is 4.39 Å². The first kappa shape index (κ1) is 19.1.